The Morgan fingerprint density at radius 3 is 2.21 bits per heavy atom. The van der Waals surface area contributed by atoms with Crippen LogP contribution in [0, 0.1) is 6.92 Å². The first-order valence-corrected chi connectivity index (χ1v) is 9.79. The van der Waals surface area contributed by atoms with Crippen molar-refractivity contribution in [2.24, 2.45) is 0 Å². The van der Waals surface area contributed by atoms with E-state index in [1.807, 2.05) is 5.32 Å². The van der Waals surface area contributed by atoms with Crippen molar-refractivity contribution in [3.8, 4) is 11.3 Å². The van der Waals surface area contributed by atoms with Crippen LogP contribution < -0.4 is 5.32 Å². The Kier molecular flexibility index (Phi) is 7.37. The highest BCUT2D eigenvalue weighted by atomic mass is 35.5. The van der Waals surface area contributed by atoms with E-state index in [9.17, 15) is 31.1 Å². The van der Waals surface area contributed by atoms with Crippen LogP contribution in [0.2, 0.25) is 5.15 Å². The summed E-state index contributed by atoms with van der Waals surface area (Å²) >= 11 is 6.04. The molecule has 12 heteroatoms. The van der Waals surface area contributed by atoms with Crippen LogP contribution in [0.3, 0.4) is 0 Å². The van der Waals surface area contributed by atoms with Crippen LogP contribution in [-0.4, -0.2) is 21.7 Å². The zero-order chi connectivity index (χ0) is 25.4. The van der Waals surface area contributed by atoms with Crippen LogP contribution in [0.1, 0.15) is 43.3 Å². The van der Waals surface area contributed by atoms with E-state index >= 15 is 0 Å². The fourth-order valence-electron chi connectivity index (χ4n) is 2.99. The first-order valence-electron chi connectivity index (χ1n) is 9.41. The van der Waals surface area contributed by atoms with E-state index in [4.69, 9.17) is 16.3 Å². The molecule has 5 nitrogen and oxygen atoms in total. The van der Waals surface area contributed by atoms with Crippen LogP contribution in [-0.2, 0) is 23.5 Å². The Hall–Kier alpha value is -2.82. The predicted octanol–water partition coefficient (Wildman–Crippen LogP) is 7.22. The minimum Gasteiger partial charge on any atom is -0.444 e. The largest absolute Gasteiger partial charge is 0.444 e. The summed E-state index contributed by atoms with van der Waals surface area (Å²) in [5.41, 5.74) is -7.48. The van der Waals surface area contributed by atoms with Gasteiger partial charge in [0.15, 0.2) is 0 Å². The van der Waals surface area contributed by atoms with Crippen LogP contribution in [0.5, 0.6) is 0 Å². The number of anilines is 1. The molecule has 1 aromatic heterocycles. The van der Waals surface area contributed by atoms with Crippen molar-refractivity contribution in [3.63, 3.8) is 0 Å². The van der Waals surface area contributed by atoms with Crippen molar-refractivity contribution in [1.82, 2.24) is 9.97 Å². The van der Waals surface area contributed by atoms with Crippen molar-refractivity contribution in [1.29, 1.82) is 0 Å². The fraction of sp³-hybridized carbons (Fsp3) is 0.381. The van der Waals surface area contributed by atoms with E-state index in [2.05, 4.69) is 16.5 Å². The molecule has 0 aliphatic heterocycles. The van der Waals surface area contributed by atoms with Gasteiger partial charge in [-0.1, -0.05) is 17.7 Å². The fourth-order valence-corrected chi connectivity index (χ4v) is 3.28. The number of alkyl halides is 6. The van der Waals surface area contributed by atoms with E-state index in [0.717, 1.165) is 0 Å². The molecule has 0 saturated heterocycles. The molecule has 2 aromatic rings. The van der Waals surface area contributed by atoms with Gasteiger partial charge in [0.1, 0.15) is 16.6 Å². The zero-order valence-corrected chi connectivity index (χ0v) is 18.8. The Balaban J connectivity index is 2.97. The number of nitrogens with zero attached hydrogens (tertiary/aromatic N) is 2. The standard InChI is InChI=1S/C21H20ClF6N3O2/c1-6-7-11-16(29-10(2)30-17(11)22)14-12(20(23,24)25)8-9-13(15(14)21(26,27)28)31-18(32)33-19(3,4)5/h6,8-9H,1,7H2,2-5H3,(H,31,32). The molecule has 0 fully saturated rings. The highest BCUT2D eigenvalue weighted by molar-refractivity contribution is 6.30. The Morgan fingerprint density at radius 1 is 1.12 bits per heavy atom. The van der Waals surface area contributed by atoms with Crippen LogP contribution in [0.4, 0.5) is 36.8 Å². The van der Waals surface area contributed by atoms with Crippen molar-refractivity contribution in [2.75, 3.05) is 5.32 Å². The molecule has 0 bridgehead atoms. The number of benzene rings is 1. The number of rotatable bonds is 4. The number of aromatic nitrogens is 2. The number of carbonyl (C=O) groups is 1. The summed E-state index contributed by atoms with van der Waals surface area (Å²) in [6.45, 7) is 9.15. The Bertz CT molecular complexity index is 1080. The zero-order valence-electron chi connectivity index (χ0n) is 18.0. The van der Waals surface area contributed by atoms with Crippen molar-refractivity contribution in [2.45, 2.75) is 52.1 Å². The number of hydrogen-bond acceptors (Lipinski definition) is 4. The highest BCUT2D eigenvalue weighted by Crippen LogP contribution is 2.48. The Morgan fingerprint density at radius 2 is 1.73 bits per heavy atom. The molecule has 180 valence electrons. The molecule has 1 N–H and O–H groups in total. The maximum Gasteiger partial charge on any atom is 0.419 e. The number of ether oxygens (including phenoxy) is 1. The van der Waals surface area contributed by atoms with E-state index in [0.29, 0.717) is 12.1 Å². The van der Waals surface area contributed by atoms with Gasteiger partial charge >= 0.3 is 18.4 Å². The molecule has 0 aliphatic carbocycles. The third kappa shape index (κ3) is 6.37. The van der Waals surface area contributed by atoms with E-state index < -0.39 is 52.1 Å². The lowest BCUT2D eigenvalue weighted by atomic mass is 9.92. The molecule has 0 saturated carbocycles. The van der Waals surface area contributed by atoms with Crippen molar-refractivity contribution >= 4 is 23.4 Å². The van der Waals surface area contributed by atoms with Crippen molar-refractivity contribution in [3.05, 3.63) is 52.5 Å². The summed E-state index contributed by atoms with van der Waals surface area (Å²) < 4.78 is 89.2. The maximum atomic E-state index is 14.2. The number of hydrogen-bond donors (Lipinski definition) is 1. The molecular weight excluding hydrogens is 476 g/mol. The molecule has 0 unspecified atom stereocenters. The summed E-state index contributed by atoms with van der Waals surface area (Å²) in [5.74, 6) is -0.144. The molecule has 0 atom stereocenters. The number of aryl methyl sites for hydroxylation is 1. The Labute approximate surface area is 190 Å². The molecule has 1 aromatic carbocycles. The van der Waals surface area contributed by atoms with Gasteiger partial charge in [0.25, 0.3) is 0 Å². The van der Waals surface area contributed by atoms with E-state index in [1.165, 1.54) is 33.8 Å². The SMILES string of the molecule is C=CCc1c(Cl)nc(C)nc1-c1c(C(F)(F)F)ccc(NC(=O)OC(C)(C)C)c1C(F)(F)F. The van der Waals surface area contributed by atoms with Crippen molar-refractivity contribution < 1.29 is 35.9 Å². The van der Waals surface area contributed by atoms with Crippen LogP contribution in [0.25, 0.3) is 11.3 Å². The third-order valence-electron chi connectivity index (χ3n) is 4.08. The van der Waals surface area contributed by atoms with Gasteiger partial charge < -0.3 is 4.74 Å². The molecular formula is C21H20ClF6N3O2. The molecule has 1 amide bonds. The molecule has 1 heterocycles. The van der Waals surface area contributed by atoms with E-state index in [-0.39, 0.29) is 23.0 Å². The van der Waals surface area contributed by atoms with Gasteiger partial charge in [0, 0.05) is 11.1 Å². The average molecular weight is 496 g/mol. The summed E-state index contributed by atoms with van der Waals surface area (Å²) in [4.78, 5) is 19.8. The number of carbonyl (C=O) groups excluding carboxylic acids is 1. The van der Waals surface area contributed by atoms with Gasteiger partial charge in [-0.2, -0.15) is 26.3 Å². The van der Waals surface area contributed by atoms with Gasteiger partial charge in [0.2, 0.25) is 0 Å². The monoisotopic (exact) mass is 495 g/mol. The number of allylic oxidation sites excluding steroid dienone is 1. The predicted molar refractivity (Wildman–Crippen MR) is 111 cm³/mol. The quantitative estimate of drug-likeness (QED) is 0.276. The minimum atomic E-state index is -5.32. The van der Waals surface area contributed by atoms with Gasteiger partial charge in [-0.05, 0) is 46.2 Å². The maximum absolute atomic E-state index is 14.2. The molecule has 33 heavy (non-hydrogen) atoms. The van der Waals surface area contributed by atoms with Gasteiger partial charge in [0.05, 0.1) is 22.5 Å². The number of nitrogens with one attached hydrogen (secondary N) is 1. The smallest absolute Gasteiger partial charge is 0.419 e. The summed E-state index contributed by atoms with van der Waals surface area (Å²) in [6.07, 6.45) is -10.7. The average Bonchev–Trinajstić information content (AvgIpc) is 2.59. The number of halogens is 7. The second kappa shape index (κ2) is 9.20. The third-order valence-corrected chi connectivity index (χ3v) is 4.40. The lowest BCUT2D eigenvalue weighted by Gasteiger charge is -2.24. The topological polar surface area (TPSA) is 64.1 Å². The summed E-state index contributed by atoms with van der Waals surface area (Å²) in [5, 5.41) is 1.58. The van der Waals surface area contributed by atoms with E-state index in [1.54, 1.807) is 0 Å². The lowest BCUT2D eigenvalue weighted by Crippen LogP contribution is -2.28. The first kappa shape index (κ1) is 26.4. The van der Waals surface area contributed by atoms with Gasteiger partial charge in [-0.3, -0.25) is 5.32 Å². The summed E-state index contributed by atoms with van der Waals surface area (Å²) in [6, 6.07) is 0.947. The summed E-state index contributed by atoms with van der Waals surface area (Å²) in [7, 11) is 0. The lowest BCUT2D eigenvalue weighted by molar-refractivity contribution is -0.141. The first-order chi connectivity index (χ1) is 15.0. The van der Waals surface area contributed by atoms with Crippen LogP contribution in [0.15, 0.2) is 24.8 Å². The van der Waals surface area contributed by atoms with Gasteiger partial charge in [-0.25, -0.2) is 14.8 Å². The van der Waals surface area contributed by atoms with Gasteiger partial charge in [-0.15, -0.1) is 6.58 Å². The second-order valence-corrected chi connectivity index (χ2v) is 8.27. The normalized spacial score (nSPS) is 12.5. The second-order valence-electron chi connectivity index (χ2n) is 7.91. The number of amides is 1. The molecule has 0 spiro atoms. The molecule has 0 aliphatic rings. The molecule has 0 radical (unpaired) electrons. The molecule has 2 rings (SSSR count). The highest BCUT2D eigenvalue weighted by Gasteiger charge is 2.44. The minimum absolute atomic E-state index is 0.144. The van der Waals surface area contributed by atoms with Crippen LogP contribution >= 0.6 is 11.6 Å².